The molecule has 4 heteroatoms. The van der Waals surface area contributed by atoms with Gasteiger partial charge in [0.25, 0.3) is 0 Å². The maximum Gasteiger partial charge on any atom is 0.171 e. The number of carbonyl (C=O) groups excluding carboxylic acids is 1. The standard InChI is InChI=1S/C14H15BrF2O/c1-8-2-4-9(5-3-8)14(18)12-11(16)7-6-10(15)13(12)17/h6-9H,2-5H2,1H3. The summed E-state index contributed by atoms with van der Waals surface area (Å²) in [5, 5.41) is 0. The van der Waals surface area contributed by atoms with Crippen LogP contribution in [0, 0.1) is 23.5 Å². The van der Waals surface area contributed by atoms with Gasteiger partial charge < -0.3 is 0 Å². The first-order valence-corrected chi connectivity index (χ1v) is 6.97. The van der Waals surface area contributed by atoms with Crippen LogP contribution in [0.1, 0.15) is 43.0 Å². The Morgan fingerprint density at radius 1 is 1.22 bits per heavy atom. The van der Waals surface area contributed by atoms with Crippen LogP contribution >= 0.6 is 15.9 Å². The minimum atomic E-state index is -0.779. The number of carbonyl (C=O) groups is 1. The summed E-state index contributed by atoms with van der Waals surface area (Å²) in [5.41, 5.74) is -0.385. The molecule has 2 rings (SSSR count). The first kappa shape index (κ1) is 13.7. The molecule has 0 spiro atoms. The minimum Gasteiger partial charge on any atom is -0.294 e. The van der Waals surface area contributed by atoms with Gasteiger partial charge in [0.05, 0.1) is 10.0 Å². The van der Waals surface area contributed by atoms with E-state index in [2.05, 4.69) is 22.9 Å². The first-order valence-electron chi connectivity index (χ1n) is 6.18. The minimum absolute atomic E-state index is 0.136. The molecule has 1 aromatic rings. The number of rotatable bonds is 2. The average molecular weight is 317 g/mol. The number of benzene rings is 1. The lowest BCUT2D eigenvalue weighted by molar-refractivity contribution is 0.0866. The van der Waals surface area contributed by atoms with E-state index >= 15 is 0 Å². The second-order valence-corrected chi connectivity index (χ2v) is 5.89. The molecule has 0 amide bonds. The highest BCUT2D eigenvalue weighted by Crippen LogP contribution is 2.32. The van der Waals surface area contributed by atoms with E-state index in [9.17, 15) is 13.6 Å². The molecule has 0 heterocycles. The zero-order chi connectivity index (χ0) is 13.3. The summed E-state index contributed by atoms with van der Waals surface area (Å²) in [7, 11) is 0. The van der Waals surface area contributed by atoms with Crippen molar-refractivity contribution in [2.75, 3.05) is 0 Å². The zero-order valence-corrected chi connectivity index (χ0v) is 11.8. The van der Waals surface area contributed by atoms with Gasteiger partial charge in [-0.3, -0.25) is 4.79 Å². The summed E-state index contributed by atoms with van der Waals surface area (Å²) in [5.74, 6) is -1.57. The van der Waals surface area contributed by atoms with Gasteiger partial charge in [-0.25, -0.2) is 8.78 Å². The van der Waals surface area contributed by atoms with Crippen molar-refractivity contribution >= 4 is 21.7 Å². The lowest BCUT2D eigenvalue weighted by Crippen LogP contribution is -2.23. The Balaban J connectivity index is 2.26. The summed E-state index contributed by atoms with van der Waals surface area (Å²) < 4.78 is 27.6. The van der Waals surface area contributed by atoms with E-state index in [0.29, 0.717) is 5.92 Å². The molecule has 0 unspecified atom stereocenters. The van der Waals surface area contributed by atoms with Crippen LogP contribution in [-0.2, 0) is 0 Å². The third kappa shape index (κ3) is 2.63. The van der Waals surface area contributed by atoms with Gasteiger partial charge in [0.1, 0.15) is 5.82 Å². The monoisotopic (exact) mass is 316 g/mol. The Morgan fingerprint density at radius 2 is 1.83 bits per heavy atom. The van der Waals surface area contributed by atoms with Crippen molar-refractivity contribution in [3.05, 3.63) is 33.8 Å². The highest BCUT2D eigenvalue weighted by Gasteiger charge is 2.29. The van der Waals surface area contributed by atoms with Gasteiger partial charge in [-0.15, -0.1) is 0 Å². The fourth-order valence-electron chi connectivity index (χ4n) is 2.48. The normalized spacial score (nSPS) is 24.0. The quantitative estimate of drug-likeness (QED) is 0.569. The molecule has 1 aromatic carbocycles. The predicted octanol–water partition coefficient (Wildman–Crippen LogP) is 4.74. The van der Waals surface area contributed by atoms with Crippen LogP contribution in [-0.4, -0.2) is 5.78 Å². The molecule has 18 heavy (non-hydrogen) atoms. The maximum atomic E-state index is 13.8. The Labute approximate surface area is 114 Å². The second-order valence-electron chi connectivity index (χ2n) is 5.04. The van der Waals surface area contributed by atoms with Gasteiger partial charge in [-0.2, -0.15) is 0 Å². The molecule has 1 aliphatic rings. The summed E-state index contributed by atoms with van der Waals surface area (Å²) in [6.45, 7) is 2.14. The molecular formula is C14H15BrF2O. The summed E-state index contributed by atoms with van der Waals surface area (Å²) >= 11 is 2.99. The van der Waals surface area contributed by atoms with Crippen LogP contribution in [0.3, 0.4) is 0 Å². The number of Topliss-reactive ketones (excluding diaryl/α,β-unsaturated/α-hetero) is 1. The van der Waals surface area contributed by atoms with Crippen LogP contribution in [0.2, 0.25) is 0 Å². The summed E-state index contributed by atoms with van der Waals surface area (Å²) in [6.07, 6.45) is 3.36. The Morgan fingerprint density at radius 3 is 2.44 bits per heavy atom. The van der Waals surface area contributed by atoms with Crippen molar-refractivity contribution in [3.63, 3.8) is 0 Å². The van der Waals surface area contributed by atoms with Gasteiger partial charge in [0.2, 0.25) is 0 Å². The van der Waals surface area contributed by atoms with Crippen molar-refractivity contribution in [2.45, 2.75) is 32.6 Å². The fourth-order valence-corrected chi connectivity index (χ4v) is 2.81. The van der Waals surface area contributed by atoms with Crippen LogP contribution in [0.25, 0.3) is 0 Å². The van der Waals surface area contributed by atoms with Crippen molar-refractivity contribution in [3.8, 4) is 0 Å². The van der Waals surface area contributed by atoms with Crippen molar-refractivity contribution in [2.24, 2.45) is 11.8 Å². The van der Waals surface area contributed by atoms with E-state index in [-0.39, 0.29) is 16.0 Å². The van der Waals surface area contributed by atoms with Crippen LogP contribution in [0.4, 0.5) is 8.78 Å². The first-order chi connectivity index (χ1) is 8.50. The molecule has 0 atom stereocenters. The second kappa shape index (κ2) is 5.47. The SMILES string of the molecule is CC1CCC(C(=O)c2c(F)ccc(Br)c2F)CC1. The number of halogens is 3. The van der Waals surface area contributed by atoms with E-state index in [1.54, 1.807) is 0 Å². The molecule has 0 aliphatic heterocycles. The van der Waals surface area contributed by atoms with E-state index < -0.39 is 17.4 Å². The fraction of sp³-hybridized carbons (Fsp3) is 0.500. The molecule has 0 N–H and O–H groups in total. The Bertz CT molecular complexity index is 465. The highest BCUT2D eigenvalue weighted by molar-refractivity contribution is 9.10. The molecule has 98 valence electrons. The number of hydrogen-bond donors (Lipinski definition) is 0. The van der Waals surface area contributed by atoms with E-state index in [1.165, 1.54) is 6.07 Å². The van der Waals surface area contributed by atoms with Crippen LogP contribution in [0.15, 0.2) is 16.6 Å². The lowest BCUT2D eigenvalue weighted by Gasteiger charge is -2.25. The van der Waals surface area contributed by atoms with E-state index in [1.807, 2.05) is 0 Å². The van der Waals surface area contributed by atoms with Gasteiger partial charge in [0.15, 0.2) is 11.6 Å². The molecule has 0 saturated heterocycles. The Hall–Kier alpha value is -0.770. The third-order valence-electron chi connectivity index (χ3n) is 3.68. The van der Waals surface area contributed by atoms with Gasteiger partial charge in [-0.1, -0.05) is 19.8 Å². The largest absolute Gasteiger partial charge is 0.294 e. The molecule has 1 aliphatic carbocycles. The third-order valence-corrected chi connectivity index (χ3v) is 4.29. The highest BCUT2D eigenvalue weighted by atomic mass is 79.9. The van der Waals surface area contributed by atoms with Crippen molar-refractivity contribution in [1.29, 1.82) is 0 Å². The van der Waals surface area contributed by atoms with Crippen molar-refractivity contribution < 1.29 is 13.6 Å². The van der Waals surface area contributed by atoms with Crippen molar-refractivity contribution in [1.82, 2.24) is 0 Å². The van der Waals surface area contributed by atoms with Gasteiger partial charge in [0, 0.05) is 5.92 Å². The Kier molecular flexibility index (Phi) is 4.15. The average Bonchev–Trinajstić information content (AvgIpc) is 2.35. The summed E-state index contributed by atoms with van der Waals surface area (Å²) in [6, 6.07) is 2.41. The van der Waals surface area contributed by atoms with Gasteiger partial charge >= 0.3 is 0 Å². The van der Waals surface area contributed by atoms with Crippen LogP contribution in [0.5, 0.6) is 0 Å². The topological polar surface area (TPSA) is 17.1 Å². The van der Waals surface area contributed by atoms with Gasteiger partial charge in [-0.05, 0) is 46.8 Å². The molecule has 0 aromatic heterocycles. The molecule has 1 nitrogen and oxygen atoms in total. The zero-order valence-electron chi connectivity index (χ0n) is 10.2. The molecule has 0 radical (unpaired) electrons. The summed E-state index contributed by atoms with van der Waals surface area (Å²) in [4.78, 5) is 12.2. The smallest absolute Gasteiger partial charge is 0.171 e. The predicted molar refractivity (Wildman–Crippen MR) is 69.5 cm³/mol. The molecular weight excluding hydrogens is 302 g/mol. The lowest BCUT2D eigenvalue weighted by atomic mass is 9.79. The maximum absolute atomic E-state index is 13.8. The number of hydrogen-bond acceptors (Lipinski definition) is 1. The molecule has 0 bridgehead atoms. The van der Waals surface area contributed by atoms with E-state index in [4.69, 9.17) is 0 Å². The molecule has 1 fully saturated rings. The van der Waals surface area contributed by atoms with E-state index in [0.717, 1.165) is 31.7 Å². The van der Waals surface area contributed by atoms with Crippen LogP contribution < -0.4 is 0 Å². The number of ketones is 1. The molecule has 1 saturated carbocycles.